The summed E-state index contributed by atoms with van der Waals surface area (Å²) < 4.78 is 27.8. The zero-order chi connectivity index (χ0) is 20.7. The Morgan fingerprint density at radius 3 is 2.61 bits per heavy atom. The molecule has 0 fully saturated rings. The van der Waals surface area contributed by atoms with Gasteiger partial charge in [-0.05, 0) is 53.3 Å². The molecule has 2 aromatic carbocycles. The lowest BCUT2D eigenvalue weighted by atomic mass is 9.72. The van der Waals surface area contributed by atoms with E-state index in [2.05, 4.69) is 23.9 Å². The Kier molecular flexibility index (Phi) is 5.12. The van der Waals surface area contributed by atoms with Gasteiger partial charge in [-0.2, -0.15) is 8.42 Å². The Morgan fingerprint density at radius 1 is 1.25 bits per heavy atom. The summed E-state index contributed by atoms with van der Waals surface area (Å²) in [6.45, 7) is 4.23. The average Bonchev–Trinajstić information content (AvgIpc) is 2.65. The van der Waals surface area contributed by atoms with Crippen molar-refractivity contribution in [1.82, 2.24) is 4.72 Å². The molecule has 28 heavy (non-hydrogen) atoms. The molecule has 0 bridgehead atoms. The molecule has 8 heteroatoms. The van der Waals surface area contributed by atoms with Crippen molar-refractivity contribution in [3.8, 4) is 0 Å². The molecule has 2 aromatic rings. The summed E-state index contributed by atoms with van der Waals surface area (Å²) in [4.78, 5) is 11.3. The molecule has 1 heterocycles. The minimum absolute atomic E-state index is 0.0543. The van der Waals surface area contributed by atoms with Crippen molar-refractivity contribution in [3.63, 3.8) is 0 Å². The van der Waals surface area contributed by atoms with E-state index in [1.165, 1.54) is 18.4 Å². The molecule has 0 aromatic heterocycles. The fourth-order valence-corrected chi connectivity index (χ4v) is 4.33. The minimum atomic E-state index is -3.58. The normalized spacial score (nSPS) is 18.1. The first kappa shape index (κ1) is 20.2. The van der Waals surface area contributed by atoms with Gasteiger partial charge in [-0.25, -0.2) is 9.52 Å². The van der Waals surface area contributed by atoms with E-state index in [1.54, 1.807) is 24.3 Å². The molecule has 3 rings (SSSR count). The molecule has 0 spiro atoms. The Labute approximate surface area is 165 Å². The molecular formula is C20H25N3O4S. The number of fused-ring (bicyclic) bond motifs is 1. The van der Waals surface area contributed by atoms with E-state index >= 15 is 0 Å². The van der Waals surface area contributed by atoms with E-state index in [-0.39, 0.29) is 17.0 Å². The van der Waals surface area contributed by atoms with Crippen molar-refractivity contribution in [2.75, 3.05) is 23.7 Å². The van der Waals surface area contributed by atoms with Gasteiger partial charge in [-0.3, -0.25) is 4.31 Å². The second kappa shape index (κ2) is 7.10. The van der Waals surface area contributed by atoms with Gasteiger partial charge in [-0.15, -0.1) is 0 Å². The van der Waals surface area contributed by atoms with Crippen LogP contribution in [0, 0.1) is 5.41 Å². The average molecular weight is 404 g/mol. The van der Waals surface area contributed by atoms with E-state index in [9.17, 15) is 18.3 Å². The molecule has 0 amide bonds. The maximum Gasteiger partial charge on any atom is 0.335 e. The van der Waals surface area contributed by atoms with Crippen LogP contribution in [0.2, 0.25) is 0 Å². The van der Waals surface area contributed by atoms with Gasteiger partial charge in [0.25, 0.3) is 0 Å². The summed E-state index contributed by atoms with van der Waals surface area (Å²) >= 11 is 0. The van der Waals surface area contributed by atoms with Crippen molar-refractivity contribution in [3.05, 3.63) is 59.2 Å². The van der Waals surface area contributed by atoms with E-state index in [1.807, 2.05) is 18.2 Å². The van der Waals surface area contributed by atoms with Crippen LogP contribution in [-0.4, -0.2) is 33.6 Å². The van der Waals surface area contributed by atoms with Crippen LogP contribution in [0.5, 0.6) is 0 Å². The minimum Gasteiger partial charge on any atom is -0.478 e. The van der Waals surface area contributed by atoms with Gasteiger partial charge in [0, 0.05) is 19.8 Å². The molecule has 1 unspecified atom stereocenters. The number of carboxylic acids is 1. The third kappa shape index (κ3) is 3.70. The van der Waals surface area contributed by atoms with Crippen molar-refractivity contribution in [1.29, 1.82) is 0 Å². The van der Waals surface area contributed by atoms with Crippen molar-refractivity contribution >= 4 is 27.6 Å². The lowest BCUT2D eigenvalue weighted by Crippen LogP contribution is -2.37. The third-order valence-electron chi connectivity index (χ3n) is 5.27. The smallest absolute Gasteiger partial charge is 0.335 e. The number of anilines is 2. The van der Waals surface area contributed by atoms with E-state index < -0.39 is 16.2 Å². The number of benzene rings is 2. The highest BCUT2D eigenvalue weighted by molar-refractivity contribution is 7.90. The number of carboxylic acid groups (broad SMARTS) is 1. The van der Waals surface area contributed by atoms with Gasteiger partial charge in [0.2, 0.25) is 0 Å². The second-order valence-electron chi connectivity index (χ2n) is 7.69. The van der Waals surface area contributed by atoms with E-state index in [4.69, 9.17) is 0 Å². The summed E-state index contributed by atoms with van der Waals surface area (Å²) in [5.41, 5.74) is 3.47. The lowest BCUT2D eigenvalue weighted by Gasteiger charge is -2.41. The van der Waals surface area contributed by atoms with Gasteiger partial charge in [-0.1, -0.05) is 26.0 Å². The topological polar surface area (TPSA) is 98.7 Å². The molecule has 0 aliphatic carbocycles. The molecule has 0 saturated carbocycles. The Balaban J connectivity index is 1.98. The zero-order valence-corrected chi connectivity index (χ0v) is 17.2. The van der Waals surface area contributed by atoms with Crippen molar-refractivity contribution < 1.29 is 18.3 Å². The third-order valence-corrected chi connectivity index (χ3v) is 6.71. The summed E-state index contributed by atoms with van der Waals surface area (Å²) in [5, 5.41) is 12.7. The predicted molar refractivity (Wildman–Crippen MR) is 110 cm³/mol. The van der Waals surface area contributed by atoms with Crippen LogP contribution in [0.4, 0.5) is 11.4 Å². The standard InChI is InChI=1S/C20H25N3O4S/c1-20(2)12-15-10-14(19(24)25)8-9-17(15)22-18(20)13-6-5-7-16(11-13)23(4)28(26,27)21-3/h5-11,18,21-22H,12H2,1-4H3,(H,24,25). The summed E-state index contributed by atoms with van der Waals surface area (Å²) in [5.74, 6) is -0.941. The number of carbonyl (C=O) groups is 1. The van der Waals surface area contributed by atoms with Crippen LogP contribution in [0.15, 0.2) is 42.5 Å². The molecule has 1 atom stereocenters. The first-order chi connectivity index (χ1) is 13.0. The summed E-state index contributed by atoms with van der Waals surface area (Å²) in [6, 6.07) is 12.5. The molecule has 0 radical (unpaired) electrons. The fraction of sp³-hybridized carbons (Fsp3) is 0.350. The van der Waals surface area contributed by atoms with Gasteiger partial charge in [0.15, 0.2) is 0 Å². The number of aromatic carboxylic acids is 1. The molecule has 7 nitrogen and oxygen atoms in total. The van der Waals surface area contributed by atoms with E-state index in [0.717, 1.165) is 16.8 Å². The monoisotopic (exact) mass is 403 g/mol. The number of nitrogens with zero attached hydrogens (tertiary/aromatic N) is 1. The van der Waals surface area contributed by atoms with Crippen LogP contribution in [0.1, 0.15) is 41.4 Å². The molecule has 1 aliphatic heterocycles. The van der Waals surface area contributed by atoms with Crippen molar-refractivity contribution in [2.45, 2.75) is 26.3 Å². The van der Waals surface area contributed by atoms with Gasteiger partial charge < -0.3 is 10.4 Å². The number of hydrogen-bond acceptors (Lipinski definition) is 4. The molecule has 1 aliphatic rings. The SMILES string of the molecule is CNS(=O)(=O)N(C)c1cccc(C2Nc3ccc(C(=O)O)cc3CC2(C)C)c1. The highest BCUT2D eigenvalue weighted by Crippen LogP contribution is 2.45. The number of nitrogens with one attached hydrogen (secondary N) is 2. The first-order valence-corrected chi connectivity index (χ1v) is 10.4. The van der Waals surface area contributed by atoms with Gasteiger partial charge in [0.05, 0.1) is 17.3 Å². The number of hydrogen-bond donors (Lipinski definition) is 3. The Bertz CT molecular complexity index is 1020. The lowest BCUT2D eigenvalue weighted by molar-refractivity contribution is 0.0696. The van der Waals surface area contributed by atoms with Gasteiger partial charge in [0.1, 0.15) is 0 Å². The molecule has 3 N–H and O–H groups in total. The highest BCUT2D eigenvalue weighted by atomic mass is 32.2. The molecule has 0 saturated heterocycles. The quantitative estimate of drug-likeness (QED) is 0.713. The highest BCUT2D eigenvalue weighted by Gasteiger charge is 2.36. The maximum atomic E-state index is 12.1. The summed E-state index contributed by atoms with van der Waals surface area (Å²) in [7, 11) is -0.696. The molecule has 150 valence electrons. The van der Waals surface area contributed by atoms with Crippen LogP contribution in [0.25, 0.3) is 0 Å². The Morgan fingerprint density at radius 2 is 1.96 bits per heavy atom. The number of rotatable bonds is 5. The first-order valence-electron chi connectivity index (χ1n) is 8.95. The maximum absolute atomic E-state index is 12.1. The van der Waals surface area contributed by atoms with E-state index in [0.29, 0.717) is 12.1 Å². The van der Waals surface area contributed by atoms with Gasteiger partial charge >= 0.3 is 16.2 Å². The fourth-order valence-electron chi connectivity index (χ4n) is 3.67. The van der Waals surface area contributed by atoms with Crippen molar-refractivity contribution in [2.24, 2.45) is 5.41 Å². The summed E-state index contributed by atoms with van der Waals surface area (Å²) in [6.07, 6.45) is 0.704. The second-order valence-corrected chi connectivity index (χ2v) is 9.60. The Hall–Kier alpha value is -2.58. The van der Waals surface area contributed by atoms with Crippen LogP contribution in [-0.2, 0) is 16.6 Å². The molecular weight excluding hydrogens is 378 g/mol. The largest absolute Gasteiger partial charge is 0.478 e. The predicted octanol–water partition coefficient (Wildman–Crippen LogP) is 3.02. The van der Waals surface area contributed by atoms with Crippen LogP contribution >= 0.6 is 0 Å². The van der Waals surface area contributed by atoms with Crippen LogP contribution in [0.3, 0.4) is 0 Å². The zero-order valence-electron chi connectivity index (χ0n) is 16.4. The van der Waals surface area contributed by atoms with Crippen LogP contribution < -0.4 is 14.3 Å².